The molecule has 0 amide bonds. The zero-order valence-electron chi connectivity index (χ0n) is 13.2. The highest BCUT2D eigenvalue weighted by Gasteiger charge is 2.45. The van der Waals surface area contributed by atoms with E-state index in [9.17, 15) is 4.39 Å². The Morgan fingerprint density at radius 2 is 1.65 bits per heavy atom. The van der Waals surface area contributed by atoms with Crippen LogP contribution in [0.3, 0.4) is 0 Å². The first-order chi connectivity index (χ1) is 11.1. The molecule has 122 valence electrons. The van der Waals surface area contributed by atoms with Crippen LogP contribution in [0, 0.1) is 5.82 Å². The van der Waals surface area contributed by atoms with Crippen LogP contribution in [0.25, 0.3) is 0 Å². The molecular formula is C18H22FN3O. The number of aromatic nitrogens is 2. The van der Waals surface area contributed by atoms with E-state index in [1.54, 1.807) is 6.07 Å². The number of benzene rings is 1. The van der Waals surface area contributed by atoms with Crippen LogP contribution in [-0.4, -0.2) is 10.1 Å². The van der Waals surface area contributed by atoms with E-state index in [4.69, 9.17) is 10.3 Å². The Morgan fingerprint density at radius 3 is 2.35 bits per heavy atom. The smallest absolute Gasteiger partial charge is 0.237 e. The van der Waals surface area contributed by atoms with Crippen molar-refractivity contribution in [2.24, 2.45) is 5.73 Å². The first kappa shape index (κ1) is 14.8. The molecule has 4 nitrogen and oxygen atoms in total. The number of halogens is 1. The zero-order valence-corrected chi connectivity index (χ0v) is 13.2. The summed E-state index contributed by atoms with van der Waals surface area (Å²) in [4.78, 5) is 4.67. The van der Waals surface area contributed by atoms with Gasteiger partial charge >= 0.3 is 0 Å². The van der Waals surface area contributed by atoms with Gasteiger partial charge in [-0.25, -0.2) is 4.39 Å². The van der Waals surface area contributed by atoms with Crippen molar-refractivity contribution in [2.45, 2.75) is 62.3 Å². The van der Waals surface area contributed by atoms with Crippen molar-refractivity contribution in [2.75, 3.05) is 0 Å². The number of rotatable bonds is 3. The van der Waals surface area contributed by atoms with Gasteiger partial charge in [-0.3, -0.25) is 0 Å². The number of nitrogens with zero attached hydrogens (tertiary/aromatic N) is 2. The molecule has 0 bridgehead atoms. The molecule has 1 heterocycles. The summed E-state index contributed by atoms with van der Waals surface area (Å²) in [6, 6.07) is 6.94. The Hall–Kier alpha value is -1.75. The minimum absolute atomic E-state index is 0.197. The van der Waals surface area contributed by atoms with E-state index < -0.39 is 11.0 Å². The molecule has 2 aliphatic rings. The van der Waals surface area contributed by atoms with Crippen LogP contribution in [-0.2, 0) is 11.0 Å². The average molecular weight is 315 g/mol. The zero-order chi connectivity index (χ0) is 15.9. The molecular weight excluding hydrogens is 293 g/mol. The van der Waals surface area contributed by atoms with Crippen molar-refractivity contribution in [3.05, 3.63) is 47.4 Å². The number of hydrogen-bond donors (Lipinski definition) is 1. The Balaban J connectivity index is 1.77. The van der Waals surface area contributed by atoms with Gasteiger partial charge in [0.05, 0.1) is 11.0 Å². The molecule has 2 aliphatic carbocycles. The monoisotopic (exact) mass is 315 g/mol. The van der Waals surface area contributed by atoms with E-state index in [2.05, 4.69) is 10.1 Å². The lowest BCUT2D eigenvalue weighted by atomic mass is 9.78. The van der Waals surface area contributed by atoms with Gasteiger partial charge in [-0.05, 0) is 31.7 Å². The van der Waals surface area contributed by atoms with E-state index in [1.807, 2.05) is 12.1 Å². The third kappa shape index (κ3) is 2.29. The fourth-order valence-corrected chi connectivity index (χ4v) is 4.28. The van der Waals surface area contributed by atoms with Gasteiger partial charge in [-0.15, -0.1) is 0 Å². The highest BCUT2D eigenvalue weighted by atomic mass is 19.1. The maximum absolute atomic E-state index is 14.4. The molecule has 23 heavy (non-hydrogen) atoms. The van der Waals surface area contributed by atoms with Crippen molar-refractivity contribution < 1.29 is 8.91 Å². The van der Waals surface area contributed by atoms with Crippen molar-refractivity contribution in [1.82, 2.24) is 10.1 Å². The predicted molar refractivity (Wildman–Crippen MR) is 84.3 cm³/mol. The molecule has 0 spiro atoms. The molecule has 1 aromatic carbocycles. The summed E-state index contributed by atoms with van der Waals surface area (Å²) >= 11 is 0. The fraction of sp³-hybridized carbons (Fsp3) is 0.556. The lowest BCUT2D eigenvalue weighted by Gasteiger charge is -2.25. The van der Waals surface area contributed by atoms with Gasteiger partial charge in [0.2, 0.25) is 5.89 Å². The Bertz CT molecular complexity index is 700. The third-order valence-electron chi connectivity index (χ3n) is 5.62. The number of nitrogens with two attached hydrogens (primary N) is 1. The molecule has 4 rings (SSSR count). The van der Waals surface area contributed by atoms with Crippen LogP contribution in [0.1, 0.15) is 68.6 Å². The SMILES string of the molecule is NC1(c2noc(C3(c4ccccc4F)CCCC3)n2)CCCC1. The quantitative estimate of drug-likeness (QED) is 0.935. The Kier molecular flexibility index (Phi) is 3.48. The Morgan fingerprint density at radius 1 is 1.00 bits per heavy atom. The van der Waals surface area contributed by atoms with E-state index >= 15 is 0 Å². The van der Waals surface area contributed by atoms with Crippen molar-refractivity contribution >= 4 is 0 Å². The van der Waals surface area contributed by atoms with Crippen molar-refractivity contribution in [3.63, 3.8) is 0 Å². The van der Waals surface area contributed by atoms with Gasteiger partial charge in [0.15, 0.2) is 5.82 Å². The molecule has 0 radical (unpaired) electrons. The number of hydrogen-bond acceptors (Lipinski definition) is 4. The van der Waals surface area contributed by atoms with Crippen LogP contribution >= 0.6 is 0 Å². The van der Waals surface area contributed by atoms with Gasteiger partial charge in [0, 0.05) is 5.56 Å². The lowest BCUT2D eigenvalue weighted by Crippen LogP contribution is -2.35. The topological polar surface area (TPSA) is 64.9 Å². The lowest BCUT2D eigenvalue weighted by molar-refractivity contribution is 0.298. The summed E-state index contributed by atoms with van der Waals surface area (Å²) in [5.41, 5.74) is 6.15. The summed E-state index contributed by atoms with van der Waals surface area (Å²) in [5.74, 6) is 0.928. The van der Waals surface area contributed by atoms with Gasteiger partial charge in [-0.1, -0.05) is 49.0 Å². The summed E-state index contributed by atoms with van der Waals surface area (Å²) in [6.07, 6.45) is 7.73. The first-order valence-corrected chi connectivity index (χ1v) is 8.53. The van der Waals surface area contributed by atoms with Gasteiger partial charge in [0.1, 0.15) is 5.82 Å². The average Bonchev–Trinajstić information content (AvgIpc) is 3.28. The second kappa shape index (κ2) is 5.41. The van der Waals surface area contributed by atoms with Crippen molar-refractivity contribution in [3.8, 4) is 0 Å². The molecule has 0 unspecified atom stereocenters. The van der Waals surface area contributed by atoms with E-state index in [-0.39, 0.29) is 5.82 Å². The molecule has 2 saturated carbocycles. The molecule has 1 aromatic heterocycles. The second-order valence-corrected chi connectivity index (χ2v) is 7.06. The fourth-order valence-electron chi connectivity index (χ4n) is 4.28. The highest BCUT2D eigenvalue weighted by molar-refractivity contribution is 5.34. The van der Waals surface area contributed by atoms with Crippen molar-refractivity contribution in [1.29, 1.82) is 0 Å². The van der Waals surface area contributed by atoms with E-state index in [0.717, 1.165) is 51.4 Å². The maximum Gasteiger partial charge on any atom is 0.237 e. The molecule has 2 aromatic rings. The van der Waals surface area contributed by atoms with Gasteiger partial charge in [0.25, 0.3) is 0 Å². The maximum atomic E-state index is 14.4. The summed E-state index contributed by atoms with van der Waals surface area (Å²) in [5, 5.41) is 4.18. The second-order valence-electron chi connectivity index (χ2n) is 7.06. The third-order valence-corrected chi connectivity index (χ3v) is 5.62. The van der Waals surface area contributed by atoms with Crippen LogP contribution in [0.2, 0.25) is 0 Å². The minimum atomic E-state index is -0.494. The molecule has 5 heteroatoms. The summed E-state index contributed by atoms with van der Waals surface area (Å²) in [7, 11) is 0. The van der Waals surface area contributed by atoms with Crippen LogP contribution in [0.5, 0.6) is 0 Å². The highest BCUT2D eigenvalue weighted by Crippen LogP contribution is 2.47. The standard InChI is InChI=1S/C18H22FN3O/c19-14-8-2-1-7-13(14)17(9-3-4-10-17)16-21-15(22-23-16)18(20)11-5-6-12-18/h1-2,7-8H,3-6,9-12,20H2. The van der Waals surface area contributed by atoms with Crippen LogP contribution < -0.4 is 5.73 Å². The summed E-state index contributed by atoms with van der Waals surface area (Å²) < 4.78 is 20.1. The molecule has 0 aliphatic heterocycles. The minimum Gasteiger partial charge on any atom is -0.338 e. The summed E-state index contributed by atoms with van der Waals surface area (Å²) in [6.45, 7) is 0. The largest absolute Gasteiger partial charge is 0.338 e. The van der Waals surface area contributed by atoms with Crippen LogP contribution in [0.15, 0.2) is 28.8 Å². The first-order valence-electron chi connectivity index (χ1n) is 8.53. The van der Waals surface area contributed by atoms with Gasteiger partial charge < -0.3 is 10.3 Å². The van der Waals surface area contributed by atoms with Gasteiger partial charge in [-0.2, -0.15) is 4.98 Å². The Labute approximate surface area is 135 Å². The molecule has 0 atom stereocenters. The molecule has 2 N–H and O–H groups in total. The van der Waals surface area contributed by atoms with Crippen LogP contribution in [0.4, 0.5) is 4.39 Å². The molecule has 0 saturated heterocycles. The normalized spacial score (nSPS) is 22.5. The predicted octanol–water partition coefficient (Wildman–Crippen LogP) is 3.80. The molecule has 2 fully saturated rings. The van der Waals surface area contributed by atoms with E-state index in [1.165, 1.54) is 6.07 Å². The van der Waals surface area contributed by atoms with E-state index in [0.29, 0.717) is 17.3 Å².